The molecule has 18 heteroatoms. The molecule has 0 unspecified atom stereocenters. The Labute approximate surface area is 480 Å². The van der Waals surface area contributed by atoms with Gasteiger partial charge in [0.15, 0.2) is 0 Å². The number of carbonyl (C=O) groups excluding carboxylic acids is 6. The summed E-state index contributed by atoms with van der Waals surface area (Å²) in [7, 11) is 6.71. The van der Waals surface area contributed by atoms with Crippen LogP contribution in [0.25, 0.3) is 32.3 Å². The third kappa shape index (κ3) is 10.7. The first-order valence-electron chi connectivity index (χ1n) is 26.2. The second-order valence-corrected chi connectivity index (χ2v) is 21.7. The number of fused-ring (bicyclic) bond motifs is 5. The molecular formula is C62H59Br2N9O7. The Balaban J connectivity index is 1.02. The van der Waals surface area contributed by atoms with Gasteiger partial charge in [0, 0.05) is 43.9 Å². The van der Waals surface area contributed by atoms with E-state index in [4.69, 9.17) is 4.74 Å². The van der Waals surface area contributed by atoms with Crippen LogP contribution in [0, 0.1) is 0 Å². The number of nitrogens with one attached hydrogen (secondary N) is 5. The summed E-state index contributed by atoms with van der Waals surface area (Å²) in [5.41, 5.74) is 4.76. The molecule has 4 atom stereocenters. The van der Waals surface area contributed by atoms with Gasteiger partial charge in [0.1, 0.15) is 17.8 Å². The maximum atomic E-state index is 15.3. The van der Waals surface area contributed by atoms with E-state index in [1.165, 1.54) is 9.80 Å². The summed E-state index contributed by atoms with van der Waals surface area (Å²) in [5, 5.41) is 20.1. The molecule has 10 rings (SSSR count). The maximum Gasteiger partial charge on any atom is 0.258 e. The van der Waals surface area contributed by atoms with Gasteiger partial charge < -0.3 is 50.9 Å². The number of halogens is 2. The Kier molecular flexibility index (Phi) is 16.1. The van der Waals surface area contributed by atoms with Gasteiger partial charge in [0.05, 0.1) is 68.1 Å². The number of amides is 6. The van der Waals surface area contributed by atoms with Crippen LogP contribution in [0.1, 0.15) is 45.7 Å². The van der Waals surface area contributed by atoms with Gasteiger partial charge in [-0.05, 0) is 145 Å². The first-order chi connectivity index (χ1) is 38.6. The molecule has 80 heavy (non-hydrogen) atoms. The van der Waals surface area contributed by atoms with Gasteiger partial charge in [0.25, 0.3) is 23.6 Å². The fourth-order valence-corrected chi connectivity index (χ4v) is 11.3. The minimum Gasteiger partial charge on any atom is -0.496 e. The van der Waals surface area contributed by atoms with E-state index < -0.39 is 59.6 Å². The normalized spacial score (nSPS) is 16.1. The van der Waals surface area contributed by atoms with Gasteiger partial charge in [0.2, 0.25) is 11.8 Å². The Morgan fingerprint density at radius 2 is 0.975 bits per heavy atom. The van der Waals surface area contributed by atoms with E-state index in [9.17, 15) is 9.59 Å². The average molecular weight is 1200 g/mol. The molecule has 0 aromatic heterocycles. The Morgan fingerprint density at radius 1 is 0.537 bits per heavy atom. The van der Waals surface area contributed by atoms with Crippen molar-refractivity contribution in [1.82, 2.24) is 21.3 Å². The average Bonchev–Trinajstić information content (AvgIpc) is 3.79. The molecule has 0 aliphatic carbocycles. The van der Waals surface area contributed by atoms with Crippen LogP contribution in [-0.4, -0.2) is 101 Å². The standard InChI is InChI=1S/C62H59Br2N9O7/c1-35(65-3)57(74)68-50-33-72(54-13-9-7-11-52(54)70(61(50)78)31-47-45-23-21-43(63)29-38(45)19-25-49(47)67-5)59(76)40-17-15-37-16-18-41(28-42(37)27-40)60(77)73-34-51(69-58(75)36(2)66-4)62(79)71(53-12-8-10-14-55(53)73)32-48-46-24-22-44(64)30-39(46)20-26-56(48)80-6/h7-30,35-36,50-51,65-67H,31-34H2,1-6H3,(H,68,74)(H,69,75)/t35-,36-,50-,51-/m0/s1. The quantitative estimate of drug-likeness (QED) is 0.0703. The highest BCUT2D eigenvalue weighted by Gasteiger charge is 2.40. The van der Waals surface area contributed by atoms with Crippen LogP contribution in [0.2, 0.25) is 0 Å². The summed E-state index contributed by atoms with van der Waals surface area (Å²) in [6.07, 6.45) is 0. The Hall–Kier alpha value is -8.16. The van der Waals surface area contributed by atoms with Crippen LogP contribution in [-0.2, 0) is 32.3 Å². The van der Waals surface area contributed by atoms with Crippen molar-refractivity contribution in [3.63, 3.8) is 0 Å². The van der Waals surface area contributed by atoms with E-state index in [1.807, 2.05) is 73.8 Å². The molecule has 2 aliphatic rings. The highest BCUT2D eigenvalue weighted by Crippen LogP contribution is 2.41. The van der Waals surface area contributed by atoms with E-state index in [1.54, 1.807) is 124 Å². The lowest BCUT2D eigenvalue weighted by Crippen LogP contribution is -2.55. The largest absolute Gasteiger partial charge is 0.496 e. The fraction of sp³-hybridized carbons (Fsp3) is 0.226. The van der Waals surface area contributed by atoms with Gasteiger partial charge in [-0.3, -0.25) is 28.8 Å². The van der Waals surface area contributed by atoms with Crippen LogP contribution in [0.4, 0.5) is 28.4 Å². The summed E-state index contributed by atoms with van der Waals surface area (Å²) >= 11 is 7.18. The predicted octanol–water partition coefficient (Wildman–Crippen LogP) is 9.29. The fourth-order valence-electron chi connectivity index (χ4n) is 10.6. The van der Waals surface area contributed by atoms with Crippen LogP contribution in [0.5, 0.6) is 5.75 Å². The summed E-state index contributed by atoms with van der Waals surface area (Å²) in [4.78, 5) is 94.5. The number of para-hydroxylation sites is 4. The van der Waals surface area contributed by atoms with Crippen LogP contribution in [0.15, 0.2) is 155 Å². The highest BCUT2D eigenvalue weighted by atomic mass is 79.9. The third-order valence-electron chi connectivity index (χ3n) is 15.2. The molecule has 0 spiro atoms. The number of benzene rings is 8. The number of methoxy groups -OCH3 is 1. The molecule has 2 aliphatic heterocycles. The molecule has 8 aromatic carbocycles. The number of hydrogen-bond donors (Lipinski definition) is 5. The lowest BCUT2D eigenvalue weighted by Gasteiger charge is -2.27. The van der Waals surface area contributed by atoms with Crippen molar-refractivity contribution in [3.8, 4) is 5.75 Å². The number of rotatable bonds is 14. The number of anilines is 5. The molecule has 8 aromatic rings. The second-order valence-electron chi connectivity index (χ2n) is 19.9. The van der Waals surface area contributed by atoms with Gasteiger partial charge in [-0.15, -0.1) is 0 Å². The van der Waals surface area contributed by atoms with Crippen molar-refractivity contribution in [1.29, 1.82) is 0 Å². The van der Waals surface area contributed by atoms with Crippen molar-refractivity contribution in [3.05, 3.63) is 177 Å². The maximum absolute atomic E-state index is 15.3. The molecule has 16 nitrogen and oxygen atoms in total. The SMILES string of the molecule is CNc1ccc2cc(Br)ccc2c1CN1C(=O)[C@@H](NC(=O)[C@H](C)NC)CN(C(=O)c2ccc3ccc(C(=O)N4C[C@H](NC(=O)[C@H](C)NC)C(=O)N(Cc5c(OC)ccc6cc(Br)ccc56)c5ccccc54)cc3c2)c2ccccc21. The van der Waals surface area contributed by atoms with Gasteiger partial charge >= 0.3 is 0 Å². The van der Waals surface area contributed by atoms with Gasteiger partial charge in [-0.25, -0.2) is 0 Å². The van der Waals surface area contributed by atoms with Crippen molar-refractivity contribution >= 4 is 128 Å². The van der Waals surface area contributed by atoms with E-state index in [0.717, 1.165) is 52.7 Å². The third-order valence-corrected chi connectivity index (χ3v) is 16.1. The molecule has 2 heterocycles. The molecule has 0 saturated carbocycles. The first-order valence-corrected chi connectivity index (χ1v) is 27.8. The molecule has 0 fully saturated rings. The Bertz CT molecular complexity index is 3560. The lowest BCUT2D eigenvalue weighted by atomic mass is 10.0. The molecular weight excluding hydrogens is 1140 g/mol. The number of likely N-dealkylation sites (N-methyl/N-ethyl adjacent to an activating group) is 2. The minimum absolute atomic E-state index is 0.0520. The molecule has 0 radical (unpaired) electrons. The van der Waals surface area contributed by atoms with Crippen molar-refractivity contribution in [2.75, 3.05) is 66.3 Å². The van der Waals surface area contributed by atoms with Gasteiger partial charge in [-0.2, -0.15) is 0 Å². The number of nitrogens with zero attached hydrogens (tertiary/aromatic N) is 4. The summed E-state index contributed by atoms with van der Waals surface area (Å²) in [5.74, 6) is -1.99. The summed E-state index contributed by atoms with van der Waals surface area (Å²) in [6, 6.07) is 40.8. The molecule has 408 valence electrons. The van der Waals surface area contributed by atoms with E-state index in [2.05, 4.69) is 58.4 Å². The van der Waals surface area contributed by atoms with E-state index >= 15 is 19.2 Å². The van der Waals surface area contributed by atoms with Crippen molar-refractivity contribution in [2.45, 2.75) is 51.1 Å². The molecule has 0 saturated heterocycles. The zero-order chi connectivity index (χ0) is 56.5. The smallest absolute Gasteiger partial charge is 0.258 e. The van der Waals surface area contributed by atoms with Crippen LogP contribution < -0.4 is 50.9 Å². The van der Waals surface area contributed by atoms with Crippen molar-refractivity contribution in [2.24, 2.45) is 0 Å². The van der Waals surface area contributed by atoms with Crippen LogP contribution >= 0.6 is 31.9 Å². The van der Waals surface area contributed by atoms with Crippen LogP contribution in [0.3, 0.4) is 0 Å². The summed E-state index contributed by atoms with van der Waals surface area (Å²) in [6.45, 7) is 3.16. The monoisotopic (exact) mass is 1200 g/mol. The zero-order valence-electron chi connectivity index (χ0n) is 44.9. The highest BCUT2D eigenvalue weighted by molar-refractivity contribution is 9.10. The zero-order valence-corrected chi connectivity index (χ0v) is 48.1. The molecule has 6 amide bonds. The van der Waals surface area contributed by atoms with Gasteiger partial charge in [-0.1, -0.05) is 92.5 Å². The summed E-state index contributed by atoms with van der Waals surface area (Å²) < 4.78 is 7.67. The number of carbonyl (C=O) groups is 6. The van der Waals surface area contributed by atoms with E-state index in [-0.39, 0.29) is 37.3 Å². The van der Waals surface area contributed by atoms with E-state index in [0.29, 0.717) is 33.9 Å². The lowest BCUT2D eigenvalue weighted by molar-refractivity contribution is -0.128. The topological polar surface area (TPSA) is 185 Å². The van der Waals surface area contributed by atoms with Crippen molar-refractivity contribution < 1.29 is 33.5 Å². The Morgan fingerprint density at radius 3 is 1.44 bits per heavy atom. The second kappa shape index (κ2) is 23.3. The minimum atomic E-state index is -1.18. The first kappa shape index (κ1) is 55.2. The number of hydrogen-bond acceptors (Lipinski definition) is 10. The molecule has 5 N–H and O–H groups in total. The number of ether oxygens (including phenoxy) is 1. The molecule has 0 bridgehead atoms. The predicted molar refractivity (Wildman–Crippen MR) is 323 cm³/mol.